The summed E-state index contributed by atoms with van der Waals surface area (Å²) in [7, 11) is 2.08. The third kappa shape index (κ3) is 2.01. The minimum atomic E-state index is 0.585. The maximum atomic E-state index is 3.34. The van der Waals surface area contributed by atoms with Gasteiger partial charge in [-0.1, -0.05) is 26.7 Å². The smallest absolute Gasteiger partial charge is 0.000481 e. The van der Waals surface area contributed by atoms with Crippen LogP contribution in [0.2, 0.25) is 0 Å². The molecule has 0 aliphatic heterocycles. The Morgan fingerprint density at radius 3 is 2.42 bits per heavy atom. The van der Waals surface area contributed by atoms with Crippen LogP contribution in [0, 0.1) is 11.3 Å². The van der Waals surface area contributed by atoms with E-state index in [0.717, 1.165) is 5.92 Å². The van der Waals surface area contributed by atoms with E-state index in [1.54, 1.807) is 0 Å². The van der Waals surface area contributed by atoms with Crippen molar-refractivity contribution in [1.29, 1.82) is 0 Å². The average molecular weight is 169 g/mol. The van der Waals surface area contributed by atoms with Crippen LogP contribution in [0.15, 0.2) is 0 Å². The van der Waals surface area contributed by atoms with Gasteiger partial charge < -0.3 is 5.32 Å². The molecule has 0 radical (unpaired) electrons. The van der Waals surface area contributed by atoms with Crippen LogP contribution in [-0.2, 0) is 0 Å². The third-order valence-electron chi connectivity index (χ3n) is 3.49. The van der Waals surface area contributed by atoms with Gasteiger partial charge in [0.05, 0.1) is 0 Å². The van der Waals surface area contributed by atoms with E-state index in [1.165, 1.54) is 38.6 Å². The monoisotopic (exact) mass is 169 g/mol. The van der Waals surface area contributed by atoms with Gasteiger partial charge in [-0.3, -0.25) is 0 Å². The van der Waals surface area contributed by atoms with Gasteiger partial charge in [-0.2, -0.15) is 0 Å². The lowest BCUT2D eigenvalue weighted by molar-refractivity contribution is 0.0911. The summed E-state index contributed by atoms with van der Waals surface area (Å²) in [6, 6.07) is 0. The van der Waals surface area contributed by atoms with Crippen LogP contribution in [0.4, 0.5) is 0 Å². The minimum absolute atomic E-state index is 0.585. The molecule has 0 saturated heterocycles. The van der Waals surface area contributed by atoms with Gasteiger partial charge in [0.1, 0.15) is 0 Å². The maximum absolute atomic E-state index is 3.34. The first-order chi connectivity index (χ1) is 5.73. The van der Waals surface area contributed by atoms with Gasteiger partial charge in [-0.05, 0) is 37.6 Å². The van der Waals surface area contributed by atoms with Crippen molar-refractivity contribution in [2.75, 3.05) is 13.6 Å². The van der Waals surface area contributed by atoms with Crippen LogP contribution in [0.1, 0.15) is 46.0 Å². The molecule has 0 amide bonds. The molecule has 1 aliphatic carbocycles. The number of rotatable bonds is 5. The van der Waals surface area contributed by atoms with E-state index in [9.17, 15) is 0 Å². The summed E-state index contributed by atoms with van der Waals surface area (Å²) < 4.78 is 0. The van der Waals surface area contributed by atoms with Gasteiger partial charge in [0, 0.05) is 6.54 Å². The molecule has 1 N–H and O–H groups in total. The summed E-state index contributed by atoms with van der Waals surface area (Å²) in [4.78, 5) is 0. The zero-order chi connectivity index (χ0) is 9.03. The molecule has 1 atom stereocenters. The highest BCUT2D eigenvalue weighted by molar-refractivity contribution is 4.88. The Morgan fingerprint density at radius 1 is 1.42 bits per heavy atom. The zero-order valence-electron chi connectivity index (χ0n) is 8.82. The van der Waals surface area contributed by atoms with Crippen molar-refractivity contribution in [3.05, 3.63) is 0 Å². The van der Waals surface area contributed by atoms with Crippen LogP contribution >= 0.6 is 0 Å². The molecule has 1 nitrogen and oxygen atoms in total. The highest BCUT2D eigenvalue weighted by Crippen LogP contribution is 2.44. The molecule has 0 aromatic heterocycles. The molecular formula is C11H23N. The van der Waals surface area contributed by atoms with E-state index in [2.05, 4.69) is 26.2 Å². The van der Waals surface area contributed by atoms with Crippen molar-refractivity contribution in [1.82, 2.24) is 5.32 Å². The van der Waals surface area contributed by atoms with Gasteiger partial charge in [0.25, 0.3) is 0 Å². The normalized spacial score (nSPS) is 23.2. The van der Waals surface area contributed by atoms with Crippen LogP contribution in [-0.4, -0.2) is 13.6 Å². The maximum Gasteiger partial charge on any atom is 0.000481 e. The van der Waals surface area contributed by atoms with Crippen LogP contribution < -0.4 is 5.32 Å². The molecule has 0 aromatic carbocycles. The predicted molar refractivity (Wildman–Crippen MR) is 54.3 cm³/mol. The molecule has 1 saturated carbocycles. The standard InChI is InChI=1S/C11H23N/c1-4-8-11(2,9-12-3)10-6-5-7-10/h10,12H,4-9H2,1-3H3. The quantitative estimate of drug-likeness (QED) is 0.667. The fraction of sp³-hybridized carbons (Fsp3) is 1.00. The fourth-order valence-electron chi connectivity index (χ4n) is 2.52. The molecule has 1 rings (SSSR count). The Bertz CT molecular complexity index is 121. The molecule has 72 valence electrons. The first-order valence-corrected chi connectivity index (χ1v) is 5.37. The van der Waals surface area contributed by atoms with Crippen molar-refractivity contribution in [3.8, 4) is 0 Å². The van der Waals surface area contributed by atoms with Gasteiger partial charge in [-0.15, -0.1) is 0 Å². The largest absolute Gasteiger partial charge is 0.319 e. The Kier molecular flexibility index (Phi) is 3.57. The Morgan fingerprint density at radius 2 is 2.08 bits per heavy atom. The van der Waals surface area contributed by atoms with Gasteiger partial charge in [0.2, 0.25) is 0 Å². The van der Waals surface area contributed by atoms with Gasteiger partial charge in [-0.25, -0.2) is 0 Å². The fourth-order valence-corrected chi connectivity index (χ4v) is 2.52. The molecule has 1 fully saturated rings. The second-order valence-corrected chi connectivity index (χ2v) is 4.56. The number of nitrogens with one attached hydrogen (secondary N) is 1. The van der Waals surface area contributed by atoms with Crippen molar-refractivity contribution >= 4 is 0 Å². The molecule has 1 aliphatic rings. The van der Waals surface area contributed by atoms with Gasteiger partial charge >= 0.3 is 0 Å². The average Bonchev–Trinajstić information content (AvgIpc) is 1.82. The van der Waals surface area contributed by atoms with E-state index >= 15 is 0 Å². The number of hydrogen-bond donors (Lipinski definition) is 1. The lowest BCUT2D eigenvalue weighted by Gasteiger charge is -2.43. The molecule has 0 bridgehead atoms. The molecule has 12 heavy (non-hydrogen) atoms. The van der Waals surface area contributed by atoms with E-state index in [4.69, 9.17) is 0 Å². The zero-order valence-corrected chi connectivity index (χ0v) is 8.82. The Balaban J connectivity index is 2.44. The summed E-state index contributed by atoms with van der Waals surface area (Å²) in [5.41, 5.74) is 0.585. The van der Waals surface area contributed by atoms with Crippen molar-refractivity contribution in [2.45, 2.75) is 46.0 Å². The summed E-state index contributed by atoms with van der Waals surface area (Å²) in [5, 5.41) is 3.34. The topological polar surface area (TPSA) is 12.0 Å². The van der Waals surface area contributed by atoms with E-state index in [1.807, 2.05) is 0 Å². The molecule has 0 aromatic rings. The number of hydrogen-bond acceptors (Lipinski definition) is 1. The predicted octanol–water partition coefficient (Wildman–Crippen LogP) is 2.81. The van der Waals surface area contributed by atoms with Crippen LogP contribution in [0.25, 0.3) is 0 Å². The molecule has 0 spiro atoms. The first-order valence-electron chi connectivity index (χ1n) is 5.37. The SMILES string of the molecule is CCCC(C)(CNC)C1CCC1. The second-order valence-electron chi connectivity index (χ2n) is 4.56. The van der Waals surface area contributed by atoms with Crippen LogP contribution in [0.5, 0.6) is 0 Å². The summed E-state index contributed by atoms with van der Waals surface area (Å²) >= 11 is 0. The summed E-state index contributed by atoms with van der Waals surface area (Å²) in [6.45, 7) is 5.95. The molecule has 1 heteroatoms. The molecule has 0 heterocycles. The second kappa shape index (κ2) is 4.27. The van der Waals surface area contributed by atoms with Crippen molar-refractivity contribution in [2.24, 2.45) is 11.3 Å². The third-order valence-corrected chi connectivity index (χ3v) is 3.49. The van der Waals surface area contributed by atoms with Crippen molar-refractivity contribution < 1.29 is 0 Å². The lowest BCUT2D eigenvalue weighted by atomic mass is 9.64. The van der Waals surface area contributed by atoms with E-state index in [-0.39, 0.29) is 0 Å². The van der Waals surface area contributed by atoms with Gasteiger partial charge in [0.15, 0.2) is 0 Å². The Labute approximate surface area is 76.9 Å². The summed E-state index contributed by atoms with van der Waals surface area (Å²) in [5.74, 6) is 1.00. The van der Waals surface area contributed by atoms with E-state index < -0.39 is 0 Å². The highest BCUT2D eigenvalue weighted by atomic mass is 14.8. The molecular weight excluding hydrogens is 146 g/mol. The first kappa shape index (κ1) is 10.0. The summed E-state index contributed by atoms with van der Waals surface area (Å²) in [6.07, 6.45) is 7.12. The highest BCUT2D eigenvalue weighted by Gasteiger charge is 2.36. The van der Waals surface area contributed by atoms with E-state index in [0.29, 0.717) is 5.41 Å². The van der Waals surface area contributed by atoms with Crippen molar-refractivity contribution in [3.63, 3.8) is 0 Å². The van der Waals surface area contributed by atoms with Crippen LogP contribution in [0.3, 0.4) is 0 Å². The lowest BCUT2D eigenvalue weighted by Crippen LogP contribution is -2.40. The minimum Gasteiger partial charge on any atom is -0.319 e. The Hall–Kier alpha value is -0.0400. The molecule has 1 unspecified atom stereocenters.